The Bertz CT molecular complexity index is 20.9. The average Bonchev–Trinajstić information content (AvgIpc) is 1.38. The molecule has 31 valence electrons. The minimum absolute atomic E-state index is 0.428. The molecule has 0 rings (SSSR count). The molecule has 0 aliphatic carbocycles. The Kier molecular flexibility index (Phi) is 2.90. The van der Waals surface area contributed by atoms with Gasteiger partial charge in [0.05, 0.1) is 0 Å². The lowest BCUT2D eigenvalue weighted by Crippen LogP contribution is -1.88. The van der Waals surface area contributed by atoms with Crippen LogP contribution in [0.3, 0.4) is 0 Å². The fourth-order valence-electron chi connectivity index (χ4n) is 0. The number of aliphatic hydroxyl groups is 1. The zero-order valence-corrected chi connectivity index (χ0v) is 4.57. The van der Waals surface area contributed by atoms with Gasteiger partial charge in [-0.25, -0.2) is 0 Å². The van der Waals surface area contributed by atoms with Crippen LogP contribution in [0.5, 0.6) is 0 Å². The second kappa shape index (κ2) is 2.67. The van der Waals surface area contributed by atoms with Gasteiger partial charge in [0, 0.05) is 0 Å². The van der Waals surface area contributed by atoms with Crippen molar-refractivity contribution in [3.63, 3.8) is 0 Å². The number of hydrogen-bond acceptors (Lipinski definition) is 1. The van der Waals surface area contributed by atoms with Crippen LogP contribution >= 0.6 is 15.9 Å². The third-order valence-electron chi connectivity index (χ3n) is 0.275. The molecule has 5 heavy (non-hydrogen) atoms. The highest BCUT2D eigenvalue weighted by atomic mass is 79.9. The molecule has 0 fully saturated rings. The maximum absolute atomic E-state index is 8.22. The normalized spacial score (nSPS) is 15.0. The van der Waals surface area contributed by atoms with Gasteiger partial charge in [0.2, 0.25) is 0 Å². The van der Waals surface area contributed by atoms with Gasteiger partial charge < -0.3 is 5.11 Å². The van der Waals surface area contributed by atoms with E-state index in [0.29, 0.717) is 0 Å². The lowest BCUT2D eigenvalue weighted by molar-refractivity contribution is 0.301. The maximum atomic E-state index is 8.22. The molecule has 1 radical (unpaired) electrons. The number of hydrogen-bond donors (Lipinski definition) is 1. The van der Waals surface area contributed by atoms with Crippen LogP contribution in [0.1, 0.15) is 6.92 Å². The van der Waals surface area contributed by atoms with Crippen molar-refractivity contribution in [3.05, 3.63) is 6.42 Å². The summed E-state index contributed by atoms with van der Waals surface area (Å²) < 4.78 is 0. The van der Waals surface area contributed by atoms with E-state index < -0.39 is 5.01 Å². The molecule has 1 nitrogen and oxygen atoms in total. The van der Waals surface area contributed by atoms with Gasteiger partial charge in [0.25, 0.3) is 0 Å². The lowest BCUT2D eigenvalue weighted by atomic mass is 10.5. The molecule has 2 heteroatoms. The maximum Gasteiger partial charge on any atom is 0.111 e. The largest absolute Gasteiger partial charge is 0.382 e. The van der Waals surface area contributed by atoms with Crippen LogP contribution in [0, 0.1) is 6.42 Å². The van der Waals surface area contributed by atoms with Gasteiger partial charge in [0.15, 0.2) is 0 Å². The minimum Gasteiger partial charge on any atom is -0.382 e. The summed E-state index contributed by atoms with van der Waals surface area (Å²) in [6.45, 7) is 1.78. The Balaban J connectivity index is 2.54. The molecular formula is C3H6BrO. The Labute approximate surface area is 40.1 Å². The molecule has 0 aromatic rings. The predicted molar refractivity (Wildman–Crippen MR) is 24.9 cm³/mol. The van der Waals surface area contributed by atoms with Crippen LogP contribution in [0.2, 0.25) is 0 Å². The highest BCUT2D eigenvalue weighted by Gasteiger charge is 1.85. The van der Waals surface area contributed by atoms with Crippen LogP contribution in [0.4, 0.5) is 0 Å². The molecule has 1 atom stereocenters. The van der Waals surface area contributed by atoms with E-state index in [1.165, 1.54) is 0 Å². The Hall–Kier alpha value is 0.440. The van der Waals surface area contributed by atoms with E-state index in [-0.39, 0.29) is 0 Å². The van der Waals surface area contributed by atoms with E-state index in [9.17, 15) is 0 Å². The van der Waals surface area contributed by atoms with E-state index in [4.69, 9.17) is 5.11 Å². The standard InChI is InChI=1S/C3H6BrO/c1-2-3(4)5/h2-3,5H,1H3/t3-/m1/s1. The van der Waals surface area contributed by atoms with Gasteiger partial charge in [-0.1, -0.05) is 22.9 Å². The highest BCUT2D eigenvalue weighted by Crippen LogP contribution is 1.94. The Morgan fingerprint density at radius 1 is 2.00 bits per heavy atom. The van der Waals surface area contributed by atoms with E-state index in [1.807, 2.05) is 0 Å². The van der Waals surface area contributed by atoms with Crippen LogP contribution < -0.4 is 0 Å². The predicted octanol–water partition coefficient (Wildman–Crippen LogP) is 0.924. The molecule has 0 aromatic carbocycles. The van der Waals surface area contributed by atoms with Crippen molar-refractivity contribution in [2.75, 3.05) is 0 Å². The molecule has 0 aromatic heterocycles. The summed E-state index contributed by atoms with van der Waals surface area (Å²) >= 11 is 2.87. The smallest absolute Gasteiger partial charge is 0.111 e. The number of halogens is 1. The van der Waals surface area contributed by atoms with Crippen molar-refractivity contribution < 1.29 is 5.11 Å². The minimum atomic E-state index is -0.428. The SMILES string of the molecule is C[CH][C@@H](O)Br. The summed E-state index contributed by atoms with van der Waals surface area (Å²) in [5.41, 5.74) is 0. The molecule has 0 spiro atoms. The number of rotatable bonds is 1. The number of alkyl halides is 1. The Morgan fingerprint density at radius 3 is 2.20 bits per heavy atom. The van der Waals surface area contributed by atoms with Crippen molar-refractivity contribution in [1.82, 2.24) is 0 Å². The zero-order valence-electron chi connectivity index (χ0n) is 2.98. The summed E-state index contributed by atoms with van der Waals surface area (Å²) in [5, 5.41) is 7.79. The second-order valence-corrected chi connectivity index (χ2v) is 1.64. The summed E-state index contributed by atoms with van der Waals surface area (Å²) in [7, 11) is 0. The lowest BCUT2D eigenvalue weighted by Gasteiger charge is -1.87. The van der Waals surface area contributed by atoms with Gasteiger partial charge in [-0.05, 0) is 6.42 Å². The van der Waals surface area contributed by atoms with Gasteiger partial charge in [0.1, 0.15) is 5.01 Å². The first-order valence-electron chi connectivity index (χ1n) is 1.39. The Morgan fingerprint density at radius 2 is 2.20 bits per heavy atom. The van der Waals surface area contributed by atoms with Crippen molar-refractivity contribution in [3.8, 4) is 0 Å². The molecular weight excluding hydrogens is 132 g/mol. The summed E-state index contributed by atoms with van der Waals surface area (Å²) in [5.74, 6) is 0. The third-order valence-corrected chi connectivity index (χ3v) is 0.804. The average molecular weight is 138 g/mol. The summed E-state index contributed by atoms with van der Waals surface area (Å²) in [6.07, 6.45) is 1.64. The van der Waals surface area contributed by atoms with Crippen LogP contribution in [0.15, 0.2) is 0 Å². The van der Waals surface area contributed by atoms with Crippen molar-refractivity contribution >= 4 is 15.9 Å². The van der Waals surface area contributed by atoms with Crippen molar-refractivity contribution in [2.24, 2.45) is 0 Å². The van der Waals surface area contributed by atoms with Gasteiger partial charge >= 0.3 is 0 Å². The molecule has 0 aliphatic rings. The van der Waals surface area contributed by atoms with Gasteiger partial charge in [-0.2, -0.15) is 0 Å². The van der Waals surface area contributed by atoms with Gasteiger partial charge in [-0.3, -0.25) is 0 Å². The third kappa shape index (κ3) is 4.44. The van der Waals surface area contributed by atoms with Crippen LogP contribution in [-0.4, -0.2) is 10.1 Å². The van der Waals surface area contributed by atoms with Crippen molar-refractivity contribution in [1.29, 1.82) is 0 Å². The van der Waals surface area contributed by atoms with Crippen LogP contribution in [0.25, 0.3) is 0 Å². The van der Waals surface area contributed by atoms with Crippen molar-refractivity contribution in [2.45, 2.75) is 11.9 Å². The first kappa shape index (κ1) is 5.44. The van der Waals surface area contributed by atoms with Crippen LogP contribution in [-0.2, 0) is 0 Å². The fourth-order valence-corrected chi connectivity index (χ4v) is 0. The molecule has 0 saturated heterocycles. The van der Waals surface area contributed by atoms with Gasteiger partial charge in [-0.15, -0.1) is 0 Å². The zero-order chi connectivity index (χ0) is 4.28. The summed E-state index contributed by atoms with van der Waals surface area (Å²) in [4.78, 5) is 0. The molecule has 0 saturated carbocycles. The highest BCUT2D eigenvalue weighted by molar-refractivity contribution is 9.09. The molecule has 0 aliphatic heterocycles. The summed E-state index contributed by atoms with van der Waals surface area (Å²) in [6, 6.07) is 0. The molecule has 0 amide bonds. The topological polar surface area (TPSA) is 20.2 Å². The molecule has 1 N–H and O–H groups in total. The van der Waals surface area contributed by atoms with E-state index >= 15 is 0 Å². The molecule has 0 unspecified atom stereocenters. The molecule has 0 bridgehead atoms. The molecule has 0 heterocycles. The van der Waals surface area contributed by atoms with E-state index in [1.54, 1.807) is 13.3 Å². The fraction of sp³-hybridized carbons (Fsp3) is 0.667. The first-order chi connectivity index (χ1) is 2.27. The monoisotopic (exact) mass is 137 g/mol. The second-order valence-electron chi connectivity index (χ2n) is 0.706. The first-order valence-corrected chi connectivity index (χ1v) is 2.30. The van der Waals surface area contributed by atoms with E-state index in [2.05, 4.69) is 15.9 Å². The quantitative estimate of drug-likeness (QED) is 0.534. The number of aliphatic hydroxyl groups excluding tert-OH is 1. The van der Waals surface area contributed by atoms with E-state index in [0.717, 1.165) is 0 Å².